The number of nitrogens with one attached hydrogen (secondary N) is 1. The molecule has 7 rings (SSSR count). The van der Waals surface area contributed by atoms with Gasteiger partial charge in [-0.2, -0.15) is 5.48 Å². The number of hydrogen-bond acceptors (Lipinski definition) is 20. The van der Waals surface area contributed by atoms with Gasteiger partial charge < -0.3 is 62.1 Å². The van der Waals surface area contributed by atoms with Crippen molar-refractivity contribution in [1.82, 2.24) is 5.48 Å². The van der Waals surface area contributed by atoms with Crippen molar-refractivity contribution in [2.45, 2.75) is 130 Å². The fourth-order valence-corrected chi connectivity index (χ4v) is 8.54. The van der Waals surface area contributed by atoms with Crippen molar-refractivity contribution >= 4 is 45.7 Å². The van der Waals surface area contributed by atoms with Gasteiger partial charge in [0.25, 0.3) is 0 Å². The van der Waals surface area contributed by atoms with Crippen LogP contribution < -0.4 is 26.2 Å². The lowest BCUT2D eigenvalue weighted by Crippen LogP contribution is -2.62. The largest absolute Gasteiger partial charge is 0.509 e. The Morgan fingerprint density at radius 3 is 1.83 bits per heavy atom. The highest BCUT2D eigenvalue weighted by Gasteiger charge is 2.58. The number of carbonyl (C=O) groups is 3. The number of aliphatic hydroxyl groups is 1. The number of ketones is 1. The normalized spacial score (nSPS) is 26.9. The van der Waals surface area contributed by atoms with E-state index in [1.54, 1.807) is 26.8 Å². The van der Waals surface area contributed by atoms with E-state index < -0.39 is 94.7 Å². The molecule has 3 aliphatic heterocycles. The van der Waals surface area contributed by atoms with Crippen LogP contribution >= 0.6 is 0 Å². The highest BCUT2D eigenvalue weighted by Crippen LogP contribution is 2.44. The van der Waals surface area contributed by atoms with Crippen molar-refractivity contribution in [1.29, 1.82) is 0 Å². The van der Waals surface area contributed by atoms with Crippen molar-refractivity contribution < 1.29 is 81.4 Å². The highest BCUT2D eigenvalue weighted by molar-refractivity contribution is 6.05. The second-order valence-corrected chi connectivity index (χ2v) is 17.6. The van der Waals surface area contributed by atoms with Gasteiger partial charge in [0, 0.05) is 23.0 Å². The van der Waals surface area contributed by atoms with Crippen molar-refractivity contribution in [2.75, 3.05) is 13.2 Å². The SMILES string of the molecule is C#CCO/N=C(\C)c1c(O)c2ccc(OC3O[C@@](C)(CC)[C@H](C)[C@@H](OC(=O)NOCC#C)[C@H]3O)c(C)c2oc1=O.CC[C@]1(C)OC(Oc2ccc3c(O)c(C(C)=O)c(=O)oc3c2C)[C@@H]2OC(=O)O[C@@H]2[C@H]1C. The number of rotatable bonds is 13. The van der Waals surface area contributed by atoms with E-state index in [-0.39, 0.29) is 63.8 Å². The monoisotopic (exact) mass is 988 g/mol. The number of hydroxylamine groups is 1. The van der Waals surface area contributed by atoms with Crippen molar-refractivity contribution in [3.63, 3.8) is 0 Å². The predicted molar refractivity (Wildman–Crippen MR) is 251 cm³/mol. The Kier molecular flexibility index (Phi) is 16.0. The van der Waals surface area contributed by atoms with Crippen molar-refractivity contribution in [3.05, 3.63) is 67.4 Å². The lowest BCUT2D eigenvalue weighted by Gasteiger charge is -2.48. The molecule has 3 aliphatic rings. The minimum absolute atomic E-state index is 0.0517. The van der Waals surface area contributed by atoms with Gasteiger partial charge in [0.15, 0.2) is 24.6 Å². The number of aryl methyl sites for hydroxylation is 2. The van der Waals surface area contributed by atoms with Crippen LogP contribution in [0, 0.1) is 50.4 Å². The van der Waals surface area contributed by atoms with Crippen molar-refractivity contribution in [2.24, 2.45) is 17.0 Å². The molecule has 3 fully saturated rings. The molecule has 4 aromatic rings. The average molecular weight is 989 g/mol. The third-order valence-electron chi connectivity index (χ3n) is 13.4. The molecular weight excluding hydrogens is 933 g/mol. The predicted octanol–water partition coefficient (Wildman–Crippen LogP) is 6.19. The van der Waals surface area contributed by atoms with E-state index in [0.29, 0.717) is 29.7 Å². The fourth-order valence-electron chi connectivity index (χ4n) is 8.54. The summed E-state index contributed by atoms with van der Waals surface area (Å²) in [4.78, 5) is 70.4. The number of ether oxygens (including phenoxy) is 7. The Morgan fingerprint density at radius 1 is 0.775 bits per heavy atom. The quantitative estimate of drug-likeness (QED) is 0.0221. The van der Waals surface area contributed by atoms with Gasteiger partial charge in [-0.3, -0.25) is 9.63 Å². The Balaban J connectivity index is 0.000000239. The van der Waals surface area contributed by atoms with E-state index in [1.165, 1.54) is 32.0 Å². The molecule has 0 spiro atoms. The first-order valence-corrected chi connectivity index (χ1v) is 22.5. The average Bonchev–Trinajstić information content (AvgIpc) is 3.72. The molecule has 3 saturated heterocycles. The molecule has 21 heteroatoms. The topological polar surface area (TPSA) is 280 Å². The smallest absolute Gasteiger partial charge is 0.506 e. The van der Waals surface area contributed by atoms with Crippen LogP contribution in [0.5, 0.6) is 23.0 Å². The van der Waals surface area contributed by atoms with E-state index in [9.17, 15) is 39.3 Å². The summed E-state index contributed by atoms with van der Waals surface area (Å²) in [6.07, 6.45) is 3.70. The number of hydrogen-bond donors (Lipinski definition) is 4. The number of benzene rings is 2. The van der Waals surface area contributed by atoms with Crippen LogP contribution in [0.25, 0.3) is 21.9 Å². The first-order valence-electron chi connectivity index (χ1n) is 22.5. The molecule has 0 bridgehead atoms. The van der Waals surface area contributed by atoms with E-state index in [1.807, 2.05) is 34.6 Å². The van der Waals surface area contributed by atoms with Crippen LogP contribution in [0.15, 0.2) is 47.8 Å². The second-order valence-electron chi connectivity index (χ2n) is 17.6. The molecule has 2 aromatic heterocycles. The zero-order valence-corrected chi connectivity index (χ0v) is 40.7. The minimum Gasteiger partial charge on any atom is -0.506 e. The zero-order valence-electron chi connectivity index (χ0n) is 40.7. The maximum atomic E-state index is 12.7. The lowest BCUT2D eigenvalue weighted by atomic mass is 9.79. The molecule has 10 atom stereocenters. The zero-order chi connectivity index (χ0) is 52.3. The Labute approximate surface area is 407 Å². The van der Waals surface area contributed by atoms with Crippen LogP contribution in [0.4, 0.5) is 9.59 Å². The Hall–Kier alpha value is -7.30. The first kappa shape index (κ1) is 53.1. The molecule has 21 nitrogen and oxygen atoms in total. The highest BCUT2D eigenvalue weighted by atomic mass is 16.8. The van der Waals surface area contributed by atoms with Gasteiger partial charge in [-0.05, 0) is 78.6 Å². The van der Waals surface area contributed by atoms with Gasteiger partial charge >= 0.3 is 23.5 Å². The summed E-state index contributed by atoms with van der Waals surface area (Å²) in [6.45, 7) is 16.9. The van der Waals surface area contributed by atoms with E-state index in [4.69, 9.17) is 64.5 Å². The maximum Gasteiger partial charge on any atom is 0.509 e. The summed E-state index contributed by atoms with van der Waals surface area (Å²) < 4.78 is 51.4. The van der Waals surface area contributed by atoms with E-state index in [2.05, 4.69) is 22.5 Å². The number of terminal acetylenes is 2. The van der Waals surface area contributed by atoms with Gasteiger partial charge in [-0.1, -0.05) is 44.7 Å². The molecular formula is C50H56N2O19. The number of nitrogens with zero attached hydrogens (tertiary/aromatic N) is 1. The number of fused-ring (bicyclic) bond motifs is 3. The van der Waals surface area contributed by atoms with Crippen molar-refractivity contribution in [3.8, 4) is 47.7 Å². The van der Waals surface area contributed by atoms with Gasteiger partial charge in [-0.25, -0.2) is 19.2 Å². The Morgan fingerprint density at radius 2 is 1.28 bits per heavy atom. The van der Waals surface area contributed by atoms with Crippen LogP contribution in [-0.4, -0.2) is 100 Å². The van der Waals surface area contributed by atoms with Crippen LogP contribution in [0.1, 0.15) is 95.3 Å². The number of Topliss-reactive ketones (excluding diaryl/α,β-unsaturated/α-hetero) is 1. The maximum absolute atomic E-state index is 12.7. The summed E-state index contributed by atoms with van der Waals surface area (Å²) in [5.41, 5.74) is -0.798. The molecule has 0 saturated carbocycles. The summed E-state index contributed by atoms with van der Waals surface area (Å²) in [6, 6.07) is 6.06. The number of amides is 1. The lowest BCUT2D eigenvalue weighted by molar-refractivity contribution is -0.290. The molecule has 2 aromatic carbocycles. The van der Waals surface area contributed by atoms with Gasteiger partial charge in [0.2, 0.25) is 18.7 Å². The summed E-state index contributed by atoms with van der Waals surface area (Å²) in [7, 11) is 0. The first-order chi connectivity index (χ1) is 33.6. The number of carbonyl (C=O) groups excluding carboxylic acids is 3. The van der Waals surface area contributed by atoms with Crippen LogP contribution in [0.2, 0.25) is 0 Å². The second kappa shape index (κ2) is 21.4. The molecule has 2 unspecified atom stereocenters. The molecule has 0 radical (unpaired) electrons. The van der Waals surface area contributed by atoms with Crippen LogP contribution in [0.3, 0.4) is 0 Å². The van der Waals surface area contributed by atoms with Gasteiger partial charge in [0.05, 0.1) is 27.7 Å². The number of oxime groups is 1. The number of aliphatic hydroxyl groups excluding tert-OH is 1. The molecule has 1 amide bonds. The molecule has 0 aliphatic carbocycles. The minimum atomic E-state index is -1.41. The fraction of sp³-hybridized carbons (Fsp3) is 0.480. The molecule has 4 N–H and O–H groups in total. The third-order valence-corrected chi connectivity index (χ3v) is 13.4. The van der Waals surface area contributed by atoms with E-state index >= 15 is 0 Å². The summed E-state index contributed by atoms with van der Waals surface area (Å²) >= 11 is 0. The Bertz CT molecular complexity index is 2950. The third kappa shape index (κ3) is 10.4. The molecule has 5 heterocycles. The van der Waals surface area contributed by atoms with Crippen LogP contribution in [-0.2, 0) is 33.4 Å². The van der Waals surface area contributed by atoms with Gasteiger partial charge in [0.1, 0.15) is 58.0 Å². The molecule has 380 valence electrons. The summed E-state index contributed by atoms with van der Waals surface area (Å²) in [5, 5.41) is 36.5. The standard InChI is InChI=1S/C28H32N2O10.C22H24O9/c1-8-13-35-29-17(6)20-21(31)18-11-12-19(15(4)23(18)38-25(20)33)37-26-22(32)24(16(5)28(7,10-3)40-26)39-27(34)30-36-14-9-2;1-6-22(5)10(3)17-18(30-21(26)29-17)20(31-22)27-13-8-7-12-15(24)14(11(4)23)19(25)28-16(12)9(13)2/h1-2,11-12,16,22,24,26,31-32H,10,13-14H2,3-7H3,(H,30,34);7-8,10,17-18,20,24H,6H2,1-5H3/b29-17+;/t16-,22-,24-,26?,28+;10-,17-,18-,20?,22+/m11/s1. The summed E-state index contributed by atoms with van der Waals surface area (Å²) in [5.74, 6) is 3.00. The molecule has 71 heavy (non-hydrogen) atoms. The van der Waals surface area contributed by atoms with Gasteiger partial charge in [-0.15, -0.1) is 12.8 Å². The van der Waals surface area contributed by atoms with E-state index in [0.717, 1.165) is 0 Å². The number of aromatic hydroxyl groups is 2.